The summed E-state index contributed by atoms with van der Waals surface area (Å²) in [6.07, 6.45) is 0. The van der Waals surface area contributed by atoms with Gasteiger partial charge in [0.15, 0.2) is 5.78 Å². The molecule has 0 fully saturated rings. The molecule has 0 spiro atoms. The second-order valence-corrected chi connectivity index (χ2v) is 6.77. The van der Waals surface area contributed by atoms with Gasteiger partial charge in [0.1, 0.15) is 17.3 Å². The van der Waals surface area contributed by atoms with Crippen LogP contribution in [0.25, 0.3) is 0 Å². The van der Waals surface area contributed by atoms with E-state index in [4.69, 9.17) is 0 Å². The van der Waals surface area contributed by atoms with E-state index in [1.807, 2.05) is 0 Å². The molecule has 0 radical (unpaired) electrons. The zero-order valence-electron chi connectivity index (χ0n) is 16.7. The molecule has 4 rings (SSSR count). The normalized spacial score (nSPS) is 15.8. The number of hydrazone groups is 1. The second kappa shape index (κ2) is 8.22. The van der Waals surface area contributed by atoms with Gasteiger partial charge in [-0.3, -0.25) is 35.2 Å². The van der Waals surface area contributed by atoms with E-state index in [2.05, 4.69) is 31.2 Å². The maximum absolute atomic E-state index is 13.2. The molecule has 0 saturated carbocycles. The Morgan fingerprint density at radius 2 is 1.91 bits per heavy atom. The van der Waals surface area contributed by atoms with Crippen molar-refractivity contribution >= 4 is 40.2 Å². The number of ketones is 1. The summed E-state index contributed by atoms with van der Waals surface area (Å²) in [6, 6.07) is 9.37. The summed E-state index contributed by atoms with van der Waals surface area (Å²) in [5.41, 5.74) is 1.50. The minimum atomic E-state index is -1.47. The summed E-state index contributed by atoms with van der Waals surface area (Å²) in [7, 11) is 1.49. The monoisotopic (exact) mass is 451 g/mol. The van der Waals surface area contributed by atoms with Crippen molar-refractivity contribution in [3.8, 4) is 0 Å². The Labute approximate surface area is 183 Å². The van der Waals surface area contributed by atoms with Gasteiger partial charge in [0, 0.05) is 18.7 Å². The number of aromatic amines is 1. The lowest BCUT2D eigenvalue weighted by molar-refractivity contribution is -0.393. The van der Waals surface area contributed by atoms with E-state index < -0.39 is 38.8 Å². The number of para-hydroxylation sites is 1. The highest BCUT2D eigenvalue weighted by Gasteiger charge is 2.43. The van der Waals surface area contributed by atoms with Crippen LogP contribution < -0.4 is 10.3 Å². The number of nitro benzene ring substituents is 2. The van der Waals surface area contributed by atoms with E-state index in [0.29, 0.717) is 5.69 Å². The number of benzene rings is 2. The molecule has 1 atom stereocenters. The molecule has 15 nitrogen and oxygen atoms in total. The number of nitro groups is 2. The number of nitrogens with one attached hydrogen (secondary N) is 2. The van der Waals surface area contributed by atoms with Crippen molar-refractivity contribution in [3.63, 3.8) is 0 Å². The van der Waals surface area contributed by atoms with Crippen LogP contribution in [-0.4, -0.2) is 54.9 Å². The molecule has 0 aliphatic carbocycles. The first-order chi connectivity index (χ1) is 15.8. The van der Waals surface area contributed by atoms with Gasteiger partial charge in [-0.25, -0.2) is 0 Å². The maximum Gasteiger partial charge on any atom is 0.301 e. The number of hydrogen-bond donors (Lipinski definition) is 2. The van der Waals surface area contributed by atoms with Crippen LogP contribution in [-0.2, 0) is 4.79 Å². The van der Waals surface area contributed by atoms with Gasteiger partial charge in [0.25, 0.3) is 5.69 Å². The van der Waals surface area contributed by atoms with Crippen LogP contribution in [0.3, 0.4) is 0 Å². The average molecular weight is 451 g/mol. The lowest BCUT2D eigenvalue weighted by Gasteiger charge is -2.30. The quantitative estimate of drug-likeness (QED) is 0.238. The topological polar surface area (TPSA) is 203 Å². The highest BCUT2D eigenvalue weighted by atomic mass is 16.6. The molecule has 1 amide bonds. The molecule has 2 aromatic carbocycles. The SMILES string of the molecule is CN1C(=O)C(/C(=N/Nc2ccc([N+](=O)[O-])cc2[N+](=O)[O-])c2nn[nH]n2)C(=O)c2ccccc21. The van der Waals surface area contributed by atoms with Crippen molar-refractivity contribution in [2.24, 2.45) is 11.0 Å². The van der Waals surface area contributed by atoms with Crippen LogP contribution in [0.5, 0.6) is 0 Å². The molecule has 1 aliphatic rings. The smallest absolute Gasteiger partial charge is 0.301 e. The zero-order chi connectivity index (χ0) is 23.7. The van der Waals surface area contributed by atoms with E-state index in [9.17, 15) is 29.8 Å². The van der Waals surface area contributed by atoms with Gasteiger partial charge >= 0.3 is 5.69 Å². The Bertz CT molecular complexity index is 1320. The lowest BCUT2D eigenvalue weighted by atomic mass is 9.86. The lowest BCUT2D eigenvalue weighted by Crippen LogP contribution is -2.46. The maximum atomic E-state index is 13.2. The minimum Gasteiger partial charge on any atom is -0.314 e. The fraction of sp³-hybridized carbons (Fsp3) is 0.111. The number of aromatic nitrogens is 4. The number of nitrogens with zero attached hydrogens (tertiary/aromatic N) is 7. The molecule has 1 aromatic heterocycles. The summed E-state index contributed by atoms with van der Waals surface area (Å²) >= 11 is 0. The molecule has 0 saturated heterocycles. The number of carbonyl (C=O) groups is 2. The number of tetrazole rings is 1. The van der Waals surface area contributed by atoms with Crippen LogP contribution >= 0.6 is 0 Å². The highest BCUT2D eigenvalue weighted by Crippen LogP contribution is 2.32. The molecule has 166 valence electrons. The summed E-state index contributed by atoms with van der Waals surface area (Å²) in [6.45, 7) is 0. The molecule has 1 aliphatic heterocycles. The van der Waals surface area contributed by atoms with E-state index in [1.165, 1.54) is 11.9 Å². The first kappa shape index (κ1) is 21.2. The minimum absolute atomic E-state index is 0.188. The summed E-state index contributed by atoms with van der Waals surface area (Å²) < 4.78 is 0. The zero-order valence-corrected chi connectivity index (χ0v) is 16.7. The number of carbonyl (C=O) groups excluding carboxylic acids is 2. The van der Waals surface area contributed by atoms with Crippen molar-refractivity contribution in [1.29, 1.82) is 0 Å². The third kappa shape index (κ3) is 3.73. The predicted molar refractivity (Wildman–Crippen MR) is 112 cm³/mol. The largest absolute Gasteiger partial charge is 0.314 e. The van der Waals surface area contributed by atoms with Gasteiger partial charge < -0.3 is 4.90 Å². The van der Waals surface area contributed by atoms with E-state index in [-0.39, 0.29) is 22.8 Å². The van der Waals surface area contributed by atoms with Crippen molar-refractivity contribution in [3.05, 3.63) is 74.1 Å². The first-order valence-electron chi connectivity index (χ1n) is 9.20. The number of anilines is 2. The Morgan fingerprint density at radius 3 is 2.58 bits per heavy atom. The third-order valence-corrected chi connectivity index (χ3v) is 4.90. The fourth-order valence-corrected chi connectivity index (χ4v) is 3.31. The van der Waals surface area contributed by atoms with Crippen molar-refractivity contribution in [1.82, 2.24) is 20.6 Å². The molecule has 33 heavy (non-hydrogen) atoms. The number of non-ortho nitro benzene ring substituents is 1. The highest BCUT2D eigenvalue weighted by molar-refractivity contribution is 6.34. The van der Waals surface area contributed by atoms with E-state index in [0.717, 1.165) is 18.2 Å². The van der Waals surface area contributed by atoms with Gasteiger partial charge in [0.2, 0.25) is 11.7 Å². The molecular formula is C18H13N9O6. The molecule has 1 unspecified atom stereocenters. The molecule has 2 N–H and O–H groups in total. The molecular weight excluding hydrogens is 438 g/mol. The standard InChI is InChI=1S/C18H13N9O6/c1-25-12-5-3-2-4-10(12)16(28)14(18(25)29)15(17-21-23-24-22-17)20-19-11-7-6-9(26(30)31)8-13(11)27(32)33/h2-8,14,19H,1H3,(H,21,22,23,24)/b20-15-. The first-order valence-corrected chi connectivity index (χ1v) is 9.20. The number of Topliss-reactive ketones (excluding diaryl/α,β-unsaturated/α-hetero) is 1. The number of fused-ring (bicyclic) bond motifs is 1. The second-order valence-electron chi connectivity index (χ2n) is 6.77. The van der Waals surface area contributed by atoms with Gasteiger partial charge in [0.05, 0.1) is 21.6 Å². The summed E-state index contributed by atoms with van der Waals surface area (Å²) in [5, 5.41) is 39.6. The Morgan fingerprint density at radius 1 is 1.15 bits per heavy atom. The van der Waals surface area contributed by atoms with Crippen LogP contribution in [0, 0.1) is 26.1 Å². The summed E-state index contributed by atoms with van der Waals surface area (Å²) in [4.78, 5) is 48.3. The third-order valence-electron chi connectivity index (χ3n) is 4.90. The van der Waals surface area contributed by atoms with Crippen LogP contribution in [0.4, 0.5) is 22.7 Å². The Kier molecular flexibility index (Phi) is 5.27. The number of hydrogen-bond acceptors (Lipinski definition) is 11. The van der Waals surface area contributed by atoms with Gasteiger partial charge in [-0.2, -0.15) is 10.3 Å². The van der Waals surface area contributed by atoms with Crippen molar-refractivity contribution in [2.75, 3.05) is 17.4 Å². The summed E-state index contributed by atoms with van der Waals surface area (Å²) in [5.74, 6) is -2.85. The number of rotatable bonds is 6. The van der Waals surface area contributed by atoms with Gasteiger partial charge in [-0.05, 0) is 23.4 Å². The van der Waals surface area contributed by atoms with Crippen molar-refractivity contribution in [2.45, 2.75) is 0 Å². The molecule has 15 heteroatoms. The van der Waals surface area contributed by atoms with Crippen LogP contribution in [0.1, 0.15) is 16.2 Å². The van der Waals surface area contributed by atoms with Crippen molar-refractivity contribution < 1.29 is 19.4 Å². The molecule has 2 heterocycles. The van der Waals surface area contributed by atoms with Crippen LogP contribution in [0.2, 0.25) is 0 Å². The van der Waals surface area contributed by atoms with Gasteiger partial charge in [-0.15, -0.1) is 10.2 Å². The van der Waals surface area contributed by atoms with Crippen LogP contribution in [0.15, 0.2) is 47.6 Å². The van der Waals surface area contributed by atoms with E-state index >= 15 is 0 Å². The Balaban J connectivity index is 1.79. The fourth-order valence-electron chi connectivity index (χ4n) is 3.31. The number of amides is 1. The Hall–Kier alpha value is -5.08. The van der Waals surface area contributed by atoms with E-state index in [1.54, 1.807) is 24.3 Å². The average Bonchev–Trinajstić information content (AvgIpc) is 3.34. The molecule has 0 bridgehead atoms. The molecule has 3 aromatic rings. The van der Waals surface area contributed by atoms with Gasteiger partial charge in [-0.1, -0.05) is 12.1 Å². The number of H-pyrrole nitrogens is 1. The predicted octanol–water partition coefficient (Wildman–Crippen LogP) is 1.31.